The smallest absolute Gasteiger partial charge is 0.221 e. The molecular weight excluding hydrogens is 656 g/mol. The zero-order valence-corrected chi connectivity index (χ0v) is 34.5. The first-order valence-electron chi connectivity index (χ1n) is 16.1. The lowest BCUT2D eigenvalue weighted by atomic mass is 9.87. The van der Waals surface area contributed by atoms with E-state index in [1.165, 1.54) is 0 Å². The molecule has 0 bridgehead atoms. The molecule has 1 aliphatic rings. The highest BCUT2D eigenvalue weighted by molar-refractivity contribution is 6.71. The van der Waals surface area contributed by atoms with Gasteiger partial charge in [-0.05, 0) is 127 Å². The Balaban J connectivity index is 2.18. The molecule has 45 heavy (non-hydrogen) atoms. The van der Waals surface area contributed by atoms with Gasteiger partial charge in [-0.25, -0.2) is 0 Å². The molecule has 0 spiro atoms. The average molecular weight is 714 g/mol. The van der Waals surface area contributed by atoms with Crippen molar-refractivity contribution in [3.05, 3.63) is 64.2 Å². The Kier molecular flexibility index (Phi) is 12.6. The number of ether oxygens (including phenoxy) is 2. The minimum atomic E-state index is -2.25. The van der Waals surface area contributed by atoms with Gasteiger partial charge in [-0.3, -0.25) is 0 Å². The van der Waals surface area contributed by atoms with E-state index in [1.807, 2.05) is 49.4 Å². The number of hydrogen-bond donors (Lipinski definition) is 1. The first-order valence-corrected chi connectivity index (χ1v) is 30.1. The monoisotopic (exact) mass is 712 g/mol. The minimum absolute atomic E-state index is 0.283. The number of hydrogen-bond acceptors (Lipinski definition) is 7. The van der Waals surface area contributed by atoms with E-state index in [0.29, 0.717) is 23.6 Å². The van der Waals surface area contributed by atoms with Gasteiger partial charge in [0.05, 0.1) is 13.2 Å². The van der Waals surface area contributed by atoms with Crippen LogP contribution in [0.15, 0.2) is 42.5 Å². The molecule has 0 radical (unpaired) electrons. The van der Waals surface area contributed by atoms with Crippen LogP contribution in [0, 0.1) is 0 Å². The zero-order chi connectivity index (χ0) is 34.0. The van der Waals surface area contributed by atoms with Crippen LogP contribution in [0.25, 0.3) is 0 Å². The van der Waals surface area contributed by atoms with Gasteiger partial charge in [0.25, 0.3) is 0 Å². The second-order valence-corrected chi connectivity index (χ2v) is 34.2. The van der Waals surface area contributed by atoms with Gasteiger partial charge >= 0.3 is 0 Å². The summed E-state index contributed by atoms with van der Waals surface area (Å²) in [7, 11) is -8.46. The summed E-state index contributed by atoms with van der Waals surface area (Å²) in [4.78, 5) is 0. The van der Waals surface area contributed by atoms with Crippen LogP contribution in [0.5, 0.6) is 5.75 Å². The standard InChI is InChI=1S/C33H57ClO7Si4/c1-14-36-27-18-15-24(16-19-27)21-25-22-26(17-20-28(25)34)33(35)32(41-45(11,12)13)31(40-44(8,9)10)30(39-43(5,6)7)29(38-33)23-37-42(2,3)4/h15-20,22,29-32,35H,14,21,23H2,1-13H3. The number of benzene rings is 2. The summed E-state index contributed by atoms with van der Waals surface area (Å²) in [5.74, 6) is -1.01. The predicted octanol–water partition coefficient (Wildman–Crippen LogP) is 8.39. The zero-order valence-electron chi connectivity index (χ0n) is 29.7. The van der Waals surface area contributed by atoms with Crippen LogP contribution < -0.4 is 4.74 Å². The van der Waals surface area contributed by atoms with Crippen LogP contribution in [0.4, 0.5) is 0 Å². The van der Waals surface area contributed by atoms with Crippen molar-refractivity contribution in [2.24, 2.45) is 0 Å². The van der Waals surface area contributed by atoms with Gasteiger partial charge < -0.3 is 32.3 Å². The molecule has 1 fully saturated rings. The summed E-state index contributed by atoms with van der Waals surface area (Å²) in [5.41, 5.74) is 2.53. The van der Waals surface area contributed by atoms with E-state index in [0.717, 1.165) is 16.9 Å². The molecule has 5 unspecified atom stereocenters. The molecule has 0 amide bonds. The molecule has 0 aromatic heterocycles. The van der Waals surface area contributed by atoms with Crippen molar-refractivity contribution in [2.45, 2.75) is 122 Å². The third kappa shape index (κ3) is 11.7. The maximum Gasteiger partial charge on any atom is 0.221 e. The normalized spacial score (nSPS) is 25.0. The van der Waals surface area contributed by atoms with E-state index >= 15 is 0 Å². The van der Waals surface area contributed by atoms with Crippen LogP contribution in [0.2, 0.25) is 83.6 Å². The Morgan fingerprint density at radius 2 is 1.31 bits per heavy atom. The van der Waals surface area contributed by atoms with Crippen molar-refractivity contribution in [3.63, 3.8) is 0 Å². The summed E-state index contributed by atoms with van der Waals surface area (Å²) in [6.07, 6.45) is -1.89. The molecule has 0 aliphatic carbocycles. The predicted molar refractivity (Wildman–Crippen MR) is 195 cm³/mol. The summed E-state index contributed by atoms with van der Waals surface area (Å²) in [5, 5.41) is 13.5. The lowest BCUT2D eigenvalue weighted by Gasteiger charge is -2.54. The van der Waals surface area contributed by atoms with Gasteiger partial charge in [0.1, 0.15) is 30.2 Å². The van der Waals surface area contributed by atoms with E-state index in [4.69, 9.17) is 38.8 Å². The van der Waals surface area contributed by atoms with Gasteiger partial charge in [0.15, 0.2) is 33.3 Å². The molecule has 5 atom stereocenters. The second kappa shape index (κ2) is 14.7. The SMILES string of the molecule is CCOc1ccc(Cc2cc(C3(O)OC(CO[Si](C)(C)C)C(O[Si](C)(C)C)C(O[Si](C)(C)C)C3O[Si](C)(C)C)ccc2Cl)cc1. The number of halogens is 1. The van der Waals surface area contributed by atoms with Crippen molar-refractivity contribution in [1.29, 1.82) is 0 Å². The quantitative estimate of drug-likeness (QED) is 0.197. The third-order valence-corrected chi connectivity index (χ3v) is 11.3. The van der Waals surface area contributed by atoms with Gasteiger partial charge in [0.2, 0.25) is 5.79 Å². The molecular formula is C33H57ClO7Si4. The molecule has 1 saturated heterocycles. The van der Waals surface area contributed by atoms with E-state index in [-0.39, 0.29) is 6.61 Å². The van der Waals surface area contributed by atoms with Crippen LogP contribution >= 0.6 is 11.6 Å². The summed E-state index contributed by atoms with van der Waals surface area (Å²) in [6.45, 7) is 28.6. The van der Waals surface area contributed by atoms with E-state index in [2.05, 4.69) is 78.6 Å². The molecule has 7 nitrogen and oxygen atoms in total. The van der Waals surface area contributed by atoms with Gasteiger partial charge in [-0.15, -0.1) is 0 Å². The van der Waals surface area contributed by atoms with E-state index < -0.39 is 63.5 Å². The summed E-state index contributed by atoms with van der Waals surface area (Å²) >= 11 is 6.77. The first kappa shape index (κ1) is 38.6. The Labute approximate surface area is 281 Å². The van der Waals surface area contributed by atoms with Crippen molar-refractivity contribution >= 4 is 44.9 Å². The van der Waals surface area contributed by atoms with Crippen molar-refractivity contribution in [3.8, 4) is 5.75 Å². The Morgan fingerprint density at radius 3 is 1.82 bits per heavy atom. The fourth-order valence-corrected chi connectivity index (χ4v) is 9.38. The number of aliphatic hydroxyl groups is 1. The van der Waals surface area contributed by atoms with E-state index in [9.17, 15) is 5.11 Å². The summed E-state index contributed by atoms with van der Waals surface area (Å²) < 4.78 is 39.6. The maximum absolute atomic E-state index is 12.9. The van der Waals surface area contributed by atoms with Crippen LogP contribution in [0.1, 0.15) is 23.6 Å². The van der Waals surface area contributed by atoms with Crippen molar-refractivity contribution in [2.75, 3.05) is 13.2 Å². The Morgan fingerprint density at radius 1 is 0.756 bits per heavy atom. The fourth-order valence-electron chi connectivity index (χ4n) is 5.30. The molecule has 1 heterocycles. The first-order chi connectivity index (χ1) is 20.5. The third-order valence-electron chi connectivity index (χ3n) is 6.93. The number of rotatable bonds is 14. The fraction of sp³-hybridized carbons (Fsp3) is 0.636. The van der Waals surface area contributed by atoms with Gasteiger partial charge in [-0.2, -0.15) is 0 Å². The van der Waals surface area contributed by atoms with Crippen LogP contribution in [-0.2, 0) is 34.6 Å². The highest BCUT2D eigenvalue weighted by Gasteiger charge is 2.59. The average Bonchev–Trinajstić information content (AvgIpc) is 2.87. The summed E-state index contributed by atoms with van der Waals surface area (Å²) in [6, 6.07) is 13.6. The molecule has 2 aromatic rings. The molecule has 0 saturated carbocycles. The highest BCUT2D eigenvalue weighted by Crippen LogP contribution is 2.44. The molecule has 12 heteroatoms. The molecule has 1 N–H and O–H groups in total. The Bertz CT molecular complexity index is 1250. The van der Waals surface area contributed by atoms with Gasteiger partial charge in [0, 0.05) is 10.6 Å². The highest BCUT2D eigenvalue weighted by atomic mass is 35.5. The largest absolute Gasteiger partial charge is 0.494 e. The van der Waals surface area contributed by atoms with Crippen molar-refractivity contribution in [1.82, 2.24) is 0 Å². The second-order valence-electron chi connectivity index (χ2n) is 15.9. The topological polar surface area (TPSA) is 75.6 Å². The molecule has 2 aromatic carbocycles. The van der Waals surface area contributed by atoms with E-state index in [1.54, 1.807) is 0 Å². The lowest BCUT2D eigenvalue weighted by Crippen LogP contribution is -2.69. The minimum Gasteiger partial charge on any atom is -0.494 e. The molecule has 254 valence electrons. The maximum atomic E-state index is 12.9. The van der Waals surface area contributed by atoms with Crippen LogP contribution in [0.3, 0.4) is 0 Å². The Hall–Kier alpha value is -0.842. The lowest BCUT2D eigenvalue weighted by molar-refractivity contribution is -0.348. The molecule has 3 rings (SSSR count). The van der Waals surface area contributed by atoms with Crippen LogP contribution in [-0.4, -0.2) is 76.0 Å². The van der Waals surface area contributed by atoms with Crippen molar-refractivity contribution < 1.29 is 32.3 Å². The van der Waals surface area contributed by atoms with Gasteiger partial charge in [-0.1, -0.05) is 29.8 Å². The molecule has 1 aliphatic heterocycles.